The molecule has 1 aliphatic heterocycles. The van der Waals surface area contributed by atoms with Crippen LogP contribution < -0.4 is 16.9 Å². The fourth-order valence-corrected chi connectivity index (χ4v) is 0.666. The summed E-state index contributed by atoms with van der Waals surface area (Å²) in [7, 11) is 0. The highest BCUT2D eigenvalue weighted by atomic mass is 16.2. The minimum atomic E-state index is -0.905. The van der Waals surface area contributed by atoms with Crippen LogP contribution in [0.4, 0.5) is 0 Å². The van der Waals surface area contributed by atoms with Gasteiger partial charge >= 0.3 is 0 Å². The molecule has 1 rings (SSSR count). The number of nitrogens with two attached hydrogens (primary N) is 2. The largest absolute Gasteiger partial charge is 0.307 e. The number of nitrogens with one attached hydrogen (secondary N) is 1. The van der Waals surface area contributed by atoms with Gasteiger partial charge in [0, 0.05) is 0 Å². The Bertz CT molecular complexity index is 180. The number of nitrogens with zero attached hydrogens (tertiary/aromatic N) is 1. The smallest absolute Gasteiger partial charge is 0.259 e. The third kappa shape index (κ3) is 1.13. The van der Waals surface area contributed by atoms with Gasteiger partial charge in [0.15, 0.2) is 6.17 Å². The summed E-state index contributed by atoms with van der Waals surface area (Å²) in [4.78, 5) is 21.2. The number of hydrogen-bond donors (Lipinski definition) is 3. The molecule has 0 aromatic heterocycles. The molecule has 6 heteroatoms. The lowest BCUT2D eigenvalue weighted by Crippen LogP contribution is -2.64. The number of hydrogen-bond acceptors (Lipinski definition) is 5. The maximum absolute atomic E-state index is 10.6. The first-order chi connectivity index (χ1) is 4.61. The molecule has 0 aromatic rings. The summed E-state index contributed by atoms with van der Waals surface area (Å²) in [5, 5.41) is 3.02. The van der Waals surface area contributed by atoms with Crippen molar-refractivity contribution in [2.45, 2.75) is 6.17 Å². The van der Waals surface area contributed by atoms with E-state index in [1.807, 2.05) is 5.32 Å². The van der Waals surface area contributed by atoms with Crippen LogP contribution in [0.25, 0.3) is 0 Å². The summed E-state index contributed by atoms with van der Waals surface area (Å²) in [6, 6.07) is 0. The van der Waals surface area contributed by atoms with Crippen LogP contribution in [0, 0.1) is 0 Å². The number of rotatable bonds is 0. The molecule has 1 aliphatic rings. The Kier molecular flexibility index (Phi) is 1.66. The topological polar surface area (TPSA) is 101 Å². The highest BCUT2D eigenvalue weighted by Gasteiger charge is 2.28. The van der Waals surface area contributed by atoms with E-state index in [1.165, 1.54) is 0 Å². The van der Waals surface area contributed by atoms with E-state index >= 15 is 0 Å². The minimum Gasteiger partial charge on any atom is -0.307 e. The zero-order valence-electron chi connectivity index (χ0n) is 5.20. The van der Waals surface area contributed by atoms with Crippen molar-refractivity contribution in [1.82, 2.24) is 10.3 Å². The predicted octanol–water partition coefficient (Wildman–Crippen LogP) is -2.90. The van der Waals surface area contributed by atoms with Gasteiger partial charge < -0.3 is 5.73 Å². The molecular formula is C4H8N4O2. The monoisotopic (exact) mass is 144 g/mol. The molecule has 1 heterocycles. The molecule has 0 bridgehead atoms. The van der Waals surface area contributed by atoms with Gasteiger partial charge in [-0.05, 0) is 0 Å². The molecule has 5 N–H and O–H groups in total. The van der Waals surface area contributed by atoms with Crippen LogP contribution >= 0.6 is 0 Å². The third-order valence-corrected chi connectivity index (χ3v) is 1.21. The number of hydrazine groups is 1. The Morgan fingerprint density at radius 3 is 2.70 bits per heavy atom. The Morgan fingerprint density at radius 1 is 1.60 bits per heavy atom. The van der Waals surface area contributed by atoms with Crippen molar-refractivity contribution in [2.24, 2.45) is 11.6 Å². The van der Waals surface area contributed by atoms with Crippen molar-refractivity contribution >= 4 is 11.8 Å². The fourth-order valence-electron chi connectivity index (χ4n) is 0.666. The van der Waals surface area contributed by atoms with E-state index in [0.29, 0.717) is 0 Å². The lowest BCUT2D eigenvalue weighted by molar-refractivity contribution is -0.140. The maximum atomic E-state index is 10.6. The van der Waals surface area contributed by atoms with Gasteiger partial charge in [-0.2, -0.15) is 0 Å². The summed E-state index contributed by atoms with van der Waals surface area (Å²) in [6.45, 7) is -0.0348. The van der Waals surface area contributed by atoms with E-state index in [0.717, 1.165) is 5.01 Å². The number of piperazine rings is 1. The van der Waals surface area contributed by atoms with Gasteiger partial charge in [-0.1, -0.05) is 0 Å². The predicted molar refractivity (Wildman–Crippen MR) is 32.0 cm³/mol. The summed E-state index contributed by atoms with van der Waals surface area (Å²) in [5.41, 5.74) is 5.22. The van der Waals surface area contributed by atoms with E-state index in [4.69, 9.17) is 11.6 Å². The Hall–Kier alpha value is -0.980. The van der Waals surface area contributed by atoms with E-state index in [-0.39, 0.29) is 6.54 Å². The van der Waals surface area contributed by atoms with Crippen LogP contribution in [0.2, 0.25) is 0 Å². The minimum absolute atomic E-state index is 0.0348. The fraction of sp³-hybridized carbons (Fsp3) is 0.500. The maximum Gasteiger partial charge on any atom is 0.259 e. The molecule has 0 radical (unpaired) electrons. The van der Waals surface area contributed by atoms with E-state index < -0.39 is 18.0 Å². The Morgan fingerprint density at radius 2 is 2.20 bits per heavy atom. The van der Waals surface area contributed by atoms with Crippen molar-refractivity contribution in [3.63, 3.8) is 0 Å². The average molecular weight is 144 g/mol. The van der Waals surface area contributed by atoms with Crippen LogP contribution in [0.5, 0.6) is 0 Å². The zero-order chi connectivity index (χ0) is 7.72. The van der Waals surface area contributed by atoms with Crippen LogP contribution in [0.15, 0.2) is 0 Å². The summed E-state index contributed by atoms with van der Waals surface area (Å²) >= 11 is 0. The third-order valence-electron chi connectivity index (χ3n) is 1.21. The quantitative estimate of drug-likeness (QED) is 0.250. The summed E-state index contributed by atoms with van der Waals surface area (Å²) < 4.78 is 0. The molecule has 0 saturated carbocycles. The van der Waals surface area contributed by atoms with Crippen molar-refractivity contribution in [1.29, 1.82) is 0 Å². The van der Waals surface area contributed by atoms with E-state index in [1.54, 1.807) is 0 Å². The SMILES string of the molecule is NC1C(=O)NC(=O)CN1N. The number of carbonyl (C=O) groups excluding carboxylic acids is 2. The Balaban J connectivity index is 2.66. The summed E-state index contributed by atoms with van der Waals surface area (Å²) in [6.07, 6.45) is -0.905. The molecular weight excluding hydrogens is 136 g/mol. The normalized spacial score (nSPS) is 28.4. The number of amides is 2. The number of imide groups is 1. The molecule has 2 amide bonds. The summed E-state index contributed by atoms with van der Waals surface area (Å²) in [5.74, 6) is 4.21. The first-order valence-electron chi connectivity index (χ1n) is 2.72. The van der Waals surface area contributed by atoms with Gasteiger partial charge in [-0.3, -0.25) is 20.7 Å². The zero-order valence-corrected chi connectivity index (χ0v) is 5.20. The van der Waals surface area contributed by atoms with Gasteiger partial charge in [-0.15, -0.1) is 0 Å². The van der Waals surface area contributed by atoms with Crippen LogP contribution in [-0.4, -0.2) is 29.5 Å². The van der Waals surface area contributed by atoms with Crippen molar-refractivity contribution < 1.29 is 9.59 Å². The average Bonchev–Trinajstić information content (AvgIpc) is 1.82. The molecule has 1 atom stereocenters. The van der Waals surface area contributed by atoms with Gasteiger partial charge in [0.1, 0.15) is 0 Å². The van der Waals surface area contributed by atoms with Crippen molar-refractivity contribution in [3.8, 4) is 0 Å². The molecule has 1 unspecified atom stereocenters. The van der Waals surface area contributed by atoms with Gasteiger partial charge in [-0.25, -0.2) is 5.01 Å². The second-order valence-corrected chi connectivity index (χ2v) is 2.03. The highest BCUT2D eigenvalue weighted by Crippen LogP contribution is 1.91. The van der Waals surface area contributed by atoms with E-state index in [9.17, 15) is 9.59 Å². The molecule has 1 fully saturated rings. The molecule has 0 aromatic carbocycles. The van der Waals surface area contributed by atoms with Crippen LogP contribution in [0.1, 0.15) is 0 Å². The molecule has 10 heavy (non-hydrogen) atoms. The standard InChI is InChI=1S/C4H8N4O2/c5-3-4(10)7-2(9)1-8(3)6/h3H,1,5-6H2,(H,7,9,10). The lowest BCUT2D eigenvalue weighted by atomic mass is 10.3. The van der Waals surface area contributed by atoms with Gasteiger partial charge in [0.25, 0.3) is 5.91 Å². The molecule has 0 aliphatic carbocycles. The second kappa shape index (κ2) is 2.33. The molecule has 56 valence electrons. The highest BCUT2D eigenvalue weighted by molar-refractivity contribution is 6.00. The van der Waals surface area contributed by atoms with Crippen molar-refractivity contribution in [2.75, 3.05) is 6.54 Å². The first-order valence-corrected chi connectivity index (χ1v) is 2.72. The van der Waals surface area contributed by atoms with Crippen molar-refractivity contribution in [3.05, 3.63) is 0 Å². The first kappa shape index (κ1) is 7.13. The van der Waals surface area contributed by atoms with Gasteiger partial charge in [0.05, 0.1) is 6.54 Å². The lowest BCUT2D eigenvalue weighted by Gasteiger charge is -2.26. The van der Waals surface area contributed by atoms with E-state index in [2.05, 4.69) is 0 Å². The Labute approximate surface area is 57.1 Å². The van der Waals surface area contributed by atoms with Gasteiger partial charge in [0.2, 0.25) is 5.91 Å². The van der Waals surface area contributed by atoms with Crippen LogP contribution in [-0.2, 0) is 9.59 Å². The van der Waals surface area contributed by atoms with Crippen LogP contribution in [0.3, 0.4) is 0 Å². The molecule has 0 spiro atoms. The number of carbonyl (C=O) groups is 2. The second-order valence-electron chi connectivity index (χ2n) is 2.03. The molecule has 6 nitrogen and oxygen atoms in total. The molecule has 1 saturated heterocycles.